The molecular weight excluding hydrogens is 729 g/mol. The SMILES string of the molecule is C1=C(c2ccc(-c3ccccc3-c3ccccc3-c3ccc(-c4cc(-c5ccccc5)nc(-c5ccccc5)n4)cc3)cc2)NC(c2ccccc2)N=C1c1ccccc1. The van der Waals surface area contributed by atoms with Gasteiger partial charge in [0.05, 0.1) is 17.1 Å². The molecule has 0 radical (unpaired) electrons. The molecule has 0 amide bonds. The van der Waals surface area contributed by atoms with Crippen molar-refractivity contribution in [1.82, 2.24) is 15.3 Å². The molecule has 0 spiro atoms. The quantitative estimate of drug-likeness (QED) is 0.159. The Morgan fingerprint density at radius 2 is 0.733 bits per heavy atom. The van der Waals surface area contributed by atoms with Gasteiger partial charge in [0, 0.05) is 22.4 Å². The van der Waals surface area contributed by atoms with Gasteiger partial charge in [0.1, 0.15) is 6.17 Å². The first-order valence-electron chi connectivity index (χ1n) is 20.3. The van der Waals surface area contributed by atoms with Crippen LogP contribution in [0.2, 0.25) is 0 Å². The Bertz CT molecular complexity index is 2900. The van der Waals surface area contributed by atoms with Gasteiger partial charge in [0.25, 0.3) is 0 Å². The van der Waals surface area contributed by atoms with Gasteiger partial charge in [0.15, 0.2) is 5.82 Å². The van der Waals surface area contributed by atoms with Crippen molar-refractivity contribution in [1.29, 1.82) is 0 Å². The summed E-state index contributed by atoms with van der Waals surface area (Å²) < 4.78 is 0. The van der Waals surface area contributed by atoms with Crippen LogP contribution in [-0.4, -0.2) is 15.7 Å². The Labute approximate surface area is 351 Å². The topological polar surface area (TPSA) is 50.2 Å². The van der Waals surface area contributed by atoms with Crippen LogP contribution in [-0.2, 0) is 0 Å². The number of aliphatic imine (C=N–C) groups is 1. The molecule has 9 aromatic rings. The number of rotatable bonds is 9. The summed E-state index contributed by atoms with van der Waals surface area (Å²) in [6, 6.07) is 78.4. The molecule has 4 nitrogen and oxygen atoms in total. The lowest BCUT2D eigenvalue weighted by Crippen LogP contribution is -2.24. The maximum absolute atomic E-state index is 5.11. The van der Waals surface area contributed by atoms with E-state index in [1.165, 1.54) is 22.3 Å². The number of allylic oxidation sites excluding steroid dienone is 1. The van der Waals surface area contributed by atoms with Crippen molar-refractivity contribution in [3.05, 3.63) is 247 Å². The average Bonchev–Trinajstić information content (AvgIpc) is 3.35. The highest BCUT2D eigenvalue weighted by Crippen LogP contribution is 2.39. The van der Waals surface area contributed by atoms with Crippen LogP contribution < -0.4 is 5.32 Å². The number of aromatic nitrogens is 2. The van der Waals surface area contributed by atoms with Gasteiger partial charge < -0.3 is 5.32 Å². The molecule has 8 aromatic carbocycles. The van der Waals surface area contributed by atoms with Gasteiger partial charge in [-0.2, -0.15) is 0 Å². The molecule has 1 aliphatic rings. The Kier molecular flexibility index (Phi) is 10.0. The molecule has 0 saturated heterocycles. The lowest BCUT2D eigenvalue weighted by Gasteiger charge is -2.25. The lowest BCUT2D eigenvalue weighted by molar-refractivity contribution is 0.664. The standard InChI is InChI=1S/C56H40N4/c1-5-17-41(18-6-1)51-37-53(59-55(57-51)45-21-9-3-10-22-45)43-33-29-39(30-34-43)47-25-13-15-27-49(47)50-28-16-14-26-48(50)40-31-35-44(36-32-40)54-38-52(42-19-7-2-8-20-42)58-56(60-54)46-23-11-4-12-24-46/h1-38,55,59H. The van der Waals surface area contributed by atoms with Crippen molar-refractivity contribution >= 4 is 11.4 Å². The van der Waals surface area contributed by atoms with E-state index in [-0.39, 0.29) is 6.17 Å². The van der Waals surface area contributed by atoms with Crippen LogP contribution in [0.15, 0.2) is 236 Å². The summed E-state index contributed by atoms with van der Waals surface area (Å²) >= 11 is 0. The molecule has 1 aromatic heterocycles. The van der Waals surface area contributed by atoms with Crippen LogP contribution in [0.5, 0.6) is 0 Å². The summed E-state index contributed by atoms with van der Waals surface area (Å²) in [4.78, 5) is 15.2. The molecule has 0 bridgehead atoms. The van der Waals surface area contributed by atoms with Gasteiger partial charge in [-0.15, -0.1) is 0 Å². The normalized spacial score (nSPS) is 13.5. The van der Waals surface area contributed by atoms with E-state index in [1.54, 1.807) is 0 Å². The fourth-order valence-electron chi connectivity index (χ4n) is 7.92. The van der Waals surface area contributed by atoms with Crippen LogP contribution in [0.3, 0.4) is 0 Å². The molecule has 10 rings (SSSR count). The predicted molar refractivity (Wildman–Crippen MR) is 248 cm³/mol. The molecule has 1 N–H and O–H groups in total. The third-order valence-corrected chi connectivity index (χ3v) is 11.0. The van der Waals surface area contributed by atoms with E-state index in [0.29, 0.717) is 5.82 Å². The van der Waals surface area contributed by atoms with E-state index < -0.39 is 0 Å². The van der Waals surface area contributed by atoms with Gasteiger partial charge in [0.2, 0.25) is 0 Å². The van der Waals surface area contributed by atoms with E-state index in [4.69, 9.17) is 15.0 Å². The Balaban J connectivity index is 0.967. The molecule has 2 heterocycles. The number of nitrogens with one attached hydrogen (secondary N) is 1. The second-order valence-corrected chi connectivity index (χ2v) is 14.8. The summed E-state index contributed by atoms with van der Waals surface area (Å²) in [6.07, 6.45) is 1.97. The summed E-state index contributed by atoms with van der Waals surface area (Å²) in [6.45, 7) is 0. The van der Waals surface area contributed by atoms with E-state index in [2.05, 4.69) is 187 Å². The molecule has 1 aliphatic heterocycles. The highest BCUT2D eigenvalue weighted by molar-refractivity contribution is 6.13. The van der Waals surface area contributed by atoms with E-state index in [9.17, 15) is 0 Å². The third-order valence-electron chi connectivity index (χ3n) is 11.0. The van der Waals surface area contributed by atoms with Crippen LogP contribution in [0.25, 0.3) is 73.0 Å². The van der Waals surface area contributed by atoms with Gasteiger partial charge in [-0.1, -0.05) is 218 Å². The van der Waals surface area contributed by atoms with E-state index in [1.807, 2.05) is 48.5 Å². The zero-order valence-corrected chi connectivity index (χ0v) is 32.9. The molecule has 60 heavy (non-hydrogen) atoms. The van der Waals surface area contributed by atoms with E-state index >= 15 is 0 Å². The van der Waals surface area contributed by atoms with Crippen LogP contribution in [0, 0.1) is 0 Å². The van der Waals surface area contributed by atoms with Crippen molar-refractivity contribution in [2.75, 3.05) is 0 Å². The minimum absolute atomic E-state index is 0.188. The molecule has 0 aliphatic carbocycles. The highest BCUT2D eigenvalue weighted by Gasteiger charge is 2.20. The maximum atomic E-state index is 5.11. The first-order valence-corrected chi connectivity index (χ1v) is 20.3. The van der Waals surface area contributed by atoms with Gasteiger partial charge >= 0.3 is 0 Å². The van der Waals surface area contributed by atoms with Gasteiger partial charge in [-0.25, -0.2) is 9.97 Å². The average molecular weight is 769 g/mol. The van der Waals surface area contributed by atoms with Crippen molar-refractivity contribution in [2.45, 2.75) is 6.17 Å². The zero-order chi connectivity index (χ0) is 40.1. The fraction of sp³-hybridized carbons (Fsp3) is 0.0179. The molecule has 1 atom stereocenters. The maximum Gasteiger partial charge on any atom is 0.160 e. The number of benzene rings is 8. The summed E-state index contributed by atoms with van der Waals surface area (Å²) in [5, 5.41) is 3.71. The van der Waals surface area contributed by atoms with E-state index in [0.717, 1.165) is 67.3 Å². The van der Waals surface area contributed by atoms with Crippen LogP contribution in [0.1, 0.15) is 22.9 Å². The molecule has 284 valence electrons. The Morgan fingerprint density at radius 3 is 1.27 bits per heavy atom. The monoisotopic (exact) mass is 768 g/mol. The second kappa shape index (κ2) is 16.5. The van der Waals surface area contributed by atoms with Crippen molar-refractivity contribution in [2.24, 2.45) is 4.99 Å². The fourth-order valence-corrected chi connectivity index (χ4v) is 7.92. The minimum Gasteiger partial charge on any atom is -0.360 e. The molecule has 1 unspecified atom stereocenters. The van der Waals surface area contributed by atoms with Crippen LogP contribution in [0.4, 0.5) is 0 Å². The predicted octanol–water partition coefficient (Wildman–Crippen LogP) is 13.6. The van der Waals surface area contributed by atoms with Gasteiger partial charge in [-0.3, -0.25) is 4.99 Å². The number of hydrogen-bond donors (Lipinski definition) is 1. The van der Waals surface area contributed by atoms with Crippen molar-refractivity contribution < 1.29 is 0 Å². The highest BCUT2D eigenvalue weighted by atomic mass is 15.1. The summed E-state index contributed by atoms with van der Waals surface area (Å²) in [7, 11) is 0. The smallest absolute Gasteiger partial charge is 0.160 e. The van der Waals surface area contributed by atoms with Crippen molar-refractivity contribution in [3.8, 4) is 67.3 Å². The van der Waals surface area contributed by atoms with Crippen LogP contribution >= 0.6 is 0 Å². The Morgan fingerprint density at radius 1 is 0.333 bits per heavy atom. The zero-order valence-electron chi connectivity index (χ0n) is 32.9. The van der Waals surface area contributed by atoms with Gasteiger partial charge in [-0.05, 0) is 62.2 Å². The summed E-state index contributed by atoms with van der Waals surface area (Å²) in [5.74, 6) is 0.708. The minimum atomic E-state index is -0.188. The lowest BCUT2D eigenvalue weighted by atomic mass is 9.89. The molecule has 0 fully saturated rings. The van der Waals surface area contributed by atoms with Crippen molar-refractivity contribution in [3.63, 3.8) is 0 Å². The second-order valence-electron chi connectivity index (χ2n) is 14.8. The first kappa shape index (κ1) is 36.4. The number of nitrogens with zero attached hydrogens (tertiary/aromatic N) is 3. The molecule has 0 saturated carbocycles. The first-order chi connectivity index (χ1) is 29.7. The molecule has 4 heteroatoms. The Hall–Kier alpha value is -7.95. The molecular formula is C56H40N4. The number of hydrogen-bond acceptors (Lipinski definition) is 4. The third kappa shape index (κ3) is 7.58. The largest absolute Gasteiger partial charge is 0.360 e. The summed E-state index contributed by atoms with van der Waals surface area (Å²) in [5.41, 5.74) is 17.2.